The minimum absolute atomic E-state index is 0.00826. The van der Waals surface area contributed by atoms with Crippen molar-refractivity contribution in [1.29, 1.82) is 0 Å². The van der Waals surface area contributed by atoms with Crippen LogP contribution in [0.1, 0.15) is 30.7 Å². The molecular weight excluding hydrogens is 264 g/mol. The highest BCUT2D eigenvalue weighted by atomic mass is 16.5. The summed E-state index contributed by atoms with van der Waals surface area (Å²) in [5.74, 6) is 0.565. The second kappa shape index (κ2) is 5.19. The fourth-order valence-corrected chi connectivity index (χ4v) is 3.77. The Kier molecular flexibility index (Phi) is 3.19. The van der Waals surface area contributed by atoms with E-state index in [0.717, 1.165) is 32.4 Å². The van der Waals surface area contributed by atoms with Gasteiger partial charge in [-0.3, -0.25) is 9.69 Å². The van der Waals surface area contributed by atoms with Gasteiger partial charge in [0.2, 0.25) is 0 Å². The molecule has 2 aliphatic heterocycles. The number of ether oxygens (including phenoxy) is 1. The van der Waals surface area contributed by atoms with Gasteiger partial charge in [0, 0.05) is 23.5 Å². The van der Waals surface area contributed by atoms with Crippen molar-refractivity contribution in [3.8, 4) is 0 Å². The molecule has 2 fully saturated rings. The van der Waals surface area contributed by atoms with E-state index in [4.69, 9.17) is 4.74 Å². The smallest absolute Gasteiger partial charge is 0.323 e. The van der Waals surface area contributed by atoms with Crippen molar-refractivity contribution in [1.82, 2.24) is 9.88 Å². The largest absolute Gasteiger partial charge is 0.464 e. The van der Waals surface area contributed by atoms with Gasteiger partial charge in [-0.05, 0) is 43.5 Å². The molecule has 1 N–H and O–H groups in total. The highest BCUT2D eigenvalue weighted by Gasteiger charge is 2.34. The van der Waals surface area contributed by atoms with Crippen LogP contribution in [0, 0.1) is 0 Å². The summed E-state index contributed by atoms with van der Waals surface area (Å²) in [4.78, 5) is 17.4. The number of H-pyrrole nitrogens is 1. The molecular formula is C17H20N2O2. The number of aromatic nitrogens is 1. The minimum Gasteiger partial charge on any atom is -0.464 e. The van der Waals surface area contributed by atoms with E-state index in [9.17, 15) is 4.79 Å². The number of carbonyl (C=O) groups is 1. The predicted molar refractivity (Wildman–Crippen MR) is 81.2 cm³/mol. The molecule has 4 nitrogen and oxygen atoms in total. The van der Waals surface area contributed by atoms with Crippen LogP contribution < -0.4 is 0 Å². The Labute approximate surface area is 124 Å². The highest BCUT2D eigenvalue weighted by molar-refractivity contribution is 5.83. The van der Waals surface area contributed by atoms with Crippen LogP contribution >= 0.6 is 0 Å². The molecule has 21 heavy (non-hydrogen) atoms. The monoisotopic (exact) mass is 284 g/mol. The summed E-state index contributed by atoms with van der Waals surface area (Å²) in [7, 11) is 0. The lowest BCUT2D eigenvalue weighted by Gasteiger charge is -2.34. The molecule has 0 amide bonds. The summed E-state index contributed by atoms with van der Waals surface area (Å²) in [5, 5.41) is 1.34. The first kappa shape index (κ1) is 12.9. The maximum atomic E-state index is 11.7. The van der Waals surface area contributed by atoms with Crippen molar-refractivity contribution < 1.29 is 9.53 Å². The number of nitrogens with one attached hydrogen (secondary N) is 1. The lowest BCUT2D eigenvalue weighted by Crippen LogP contribution is -2.43. The molecule has 0 aliphatic carbocycles. The summed E-state index contributed by atoms with van der Waals surface area (Å²) >= 11 is 0. The molecule has 2 aromatic rings. The van der Waals surface area contributed by atoms with Gasteiger partial charge in [0.1, 0.15) is 6.04 Å². The lowest BCUT2D eigenvalue weighted by molar-refractivity contribution is -0.142. The third-order valence-electron chi connectivity index (χ3n) is 4.94. The van der Waals surface area contributed by atoms with Gasteiger partial charge in [-0.1, -0.05) is 18.2 Å². The third kappa shape index (κ3) is 2.23. The number of rotatable bonds is 2. The Morgan fingerprint density at radius 2 is 1.95 bits per heavy atom. The molecule has 0 radical (unpaired) electrons. The topological polar surface area (TPSA) is 45.3 Å². The van der Waals surface area contributed by atoms with Gasteiger partial charge in [-0.2, -0.15) is 0 Å². The standard InChI is InChI=1S/C17H20N2O2/c20-17-16(7-10-21-17)19-8-5-12(6-9-19)14-11-18-15-4-2-1-3-13(14)15/h1-4,11-12,16,18H,5-10H2. The Hall–Kier alpha value is -1.81. The number of nitrogens with zero attached hydrogens (tertiary/aromatic N) is 1. The van der Waals surface area contributed by atoms with Gasteiger partial charge >= 0.3 is 5.97 Å². The fourth-order valence-electron chi connectivity index (χ4n) is 3.77. The lowest BCUT2D eigenvalue weighted by atomic mass is 9.88. The van der Waals surface area contributed by atoms with E-state index in [2.05, 4.69) is 40.3 Å². The number of hydrogen-bond donors (Lipinski definition) is 1. The molecule has 3 heterocycles. The molecule has 1 aromatic heterocycles. The van der Waals surface area contributed by atoms with Crippen molar-refractivity contribution in [2.24, 2.45) is 0 Å². The zero-order chi connectivity index (χ0) is 14.2. The number of benzene rings is 1. The van der Waals surface area contributed by atoms with Gasteiger partial charge in [0.15, 0.2) is 0 Å². The van der Waals surface area contributed by atoms with E-state index in [1.54, 1.807) is 0 Å². The number of hydrogen-bond acceptors (Lipinski definition) is 3. The molecule has 1 unspecified atom stereocenters. The second-order valence-corrected chi connectivity index (χ2v) is 6.07. The van der Waals surface area contributed by atoms with E-state index >= 15 is 0 Å². The predicted octanol–water partition coefficient (Wildman–Crippen LogP) is 2.66. The molecule has 2 saturated heterocycles. The number of para-hydroxylation sites is 1. The number of fused-ring (bicyclic) bond motifs is 1. The number of esters is 1. The Bertz CT molecular complexity index is 656. The van der Waals surface area contributed by atoms with Crippen molar-refractivity contribution in [3.63, 3.8) is 0 Å². The normalized spacial score (nSPS) is 24.6. The summed E-state index contributed by atoms with van der Waals surface area (Å²) in [6, 6.07) is 8.50. The van der Waals surface area contributed by atoms with Crippen LogP contribution in [-0.4, -0.2) is 41.6 Å². The first-order valence-corrected chi connectivity index (χ1v) is 7.79. The average molecular weight is 284 g/mol. The van der Waals surface area contributed by atoms with Gasteiger partial charge in [0.05, 0.1) is 6.61 Å². The zero-order valence-corrected chi connectivity index (χ0v) is 12.0. The maximum absolute atomic E-state index is 11.7. The Balaban J connectivity index is 1.49. The number of carbonyl (C=O) groups excluding carboxylic acids is 1. The van der Waals surface area contributed by atoms with Crippen LogP contribution in [0.4, 0.5) is 0 Å². The first-order valence-electron chi connectivity index (χ1n) is 7.79. The highest BCUT2D eigenvalue weighted by Crippen LogP contribution is 2.34. The SMILES string of the molecule is O=C1OCCC1N1CCC(c2c[nH]c3ccccc23)CC1. The molecule has 0 saturated carbocycles. The third-order valence-corrected chi connectivity index (χ3v) is 4.94. The molecule has 2 aliphatic rings. The molecule has 110 valence electrons. The van der Waals surface area contributed by atoms with E-state index in [0.29, 0.717) is 12.5 Å². The van der Waals surface area contributed by atoms with Gasteiger partial charge in [-0.15, -0.1) is 0 Å². The molecule has 1 aromatic carbocycles. The van der Waals surface area contributed by atoms with Crippen LogP contribution in [-0.2, 0) is 9.53 Å². The molecule has 0 bridgehead atoms. The van der Waals surface area contributed by atoms with Gasteiger partial charge < -0.3 is 9.72 Å². The quantitative estimate of drug-likeness (QED) is 0.862. The van der Waals surface area contributed by atoms with E-state index in [1.165, 1.54) is 16.5 Å². The Morgan fingerprint density at radius 1 is 1.14 bits per heavy atom. The van der Waals surface area contributed by atoms with Crippen molar-refractivity contribution in [2.75, 3.05) is 19.7 Å². The van der Waals surface area contributed by atoms with E-state index in [-0.39, 0.29) is 12.0 Å². The summed E-state index contributed by atoms with van der Waals surface area (Å²) in [6.45, 7) is 2.57. The van der Waals surface area contributed by atoms with Crippen molar-refractivity contribution in [2.45, 2.75) is 31.2 Å². The van der Waals surface area contributed by atoms with Crippen LogP contribution in [0.15, 0.2) is 30.5 Å². The maximum Gasteiger partial charge on any atom is 0.323 e. The summed E-state index contributed by atoms with van der Waals surface area (Å²) in [6.07, 6.45) is 5.25. The van der Waals surface area contributed by atoms with Gasteiger partial charge in [0.25, 0.3) is 0 Å². The van der Waals surface area contributed by atoms with Crippen LogP contribution in [0.5, 0.6) is 0 Å². The van der Waals surface area contributed by atoms with Crippen LogP contribution in [0.2, 0.25) is 0 Å². The first-order chi connectivity index (χ1) is 10.3. The van der Waals surface area contributed by atoms with Crippen molar-refractivity contribution in [3.05, 3.63) is 36.0 Å². The number of aromatic amines is 1. The molecule has 4 rings (SSSR count). The molecule has 4 heteroatoms. The van der Waals surface area contributed by atoms with E-state index in [1.807, 2.05) is 0 Å². The molecule has 1 atom stereocenters. The number of cyclic esters (lactones) is 1. The van der Waals surface area contributed by atoms with E-state index < -0.39 is 0 Å². The average Bonchev–Trinajstić information content (AvgIpc) is 3.14. The van der Waals surface area contributed by atoms with Crippen LogP contribution in [0.25, 0.3) is 10.9 Å². The Morgan fingerprint density at radius 3 is 2.71 bits per heavy atom. The zero-order valence-electron chi connectivity index (χ0n) is 12.0. The summed E-state index contributed by atoms with van der Waals surface area (Å²) < 4.78 is 5.09. The molecule has 0 spiro atoms. The fraction of sp³-hybridized carbons (Fsp3) is 0.471. The number of piperidine rings is 1. The second-order valence-electron chi connectivity index (χ2n) is 6.07. The minimum atomic E-state index is -0.0273. The number of likely N-dealkylation sites (tertiary alicyclic amines) is 1. The van der Waals surface area contributed by atoms with Crippen LogP contribution in [0.3, 0.4) is 0 Å². The summed E-state index contributed by atoms with van der Waals surface area (Å²) in [5.41, 5.74) is 2.65. The van der Waals surface area contributed by atoms with Crippen molar-refractivity contribution >= 4 is 16.9 Å². The van der Waals surface area contributed by atoms with Gasteiger partial charge in [-0.25, -0.2) is 0 Å².